The Morgan fingerprint density at radius 2 is 1.74 bits per heavy atom. The molecule has 0 N–H and O–H groups in total. The lowest BCUT2D eigenvalue weighted by atomic mass is 9.81. The minimum atomic E-state index is -0.466. The Morgan fingerprint density at radius 1 is 1.21 bits per heavy atom. The molecular weight excluding hydrogens is 243 g/mol. The summed E-state index contributed by atoms with van der Waals surface area (Å²) in [4.78, 5) is 8.13. The van der Waals surface area contributed by atoms with Crippen molar-refractivity contribution in [3.05, 3.63) is 12.4 Å². The van der Waals surface area contributed by atoms with Gasteiger partial charge in [-0.05, 0) is 27.7 Å². The lowest BCUT2D eigenvalue weighted by molar-refractivity contribution is 0.00578. The third-order valence-corrected chi connectivity index (χ3v) is 3.46. The molecule has 1 aromatic rings. The molecule has 19 heavy (non-hydrogen) atoms. The molecule has 0 aliphatic carbocycles. The van der Waals surface area contributed by atoms with Gasteiger partial charge in [0.1, 0.15) is 0 Å². The normalized spacial score (nSPS) is 20.1. The summed E-state index contributed by atoms with van der Waals surface area (Å²) in [5.41, 5.74) is -0.00112. The molecule has 1 saturated heterocycles. The summed E-state index contributed by atoms with van der Waals surface area (Å²) in [7, 11) is -0.466. The first kappa shape index (κ1) is 13.8. The smallest absolute Gasteiger partial charge is 0.450 e. The molecule has 0 spiro atoms. The molecule has 2 rings (SSSR count). The Kier molecular flexibility index (Phi) is 3.53. The van der Waals surface area contributed by atoms with Crippen LogP contribution >= 0.6 is 0 Å². The van der Waals surface area contributed by atoms with E-state index in [1.54, 1.807) is 12.4 Å². The van der Waals surface area contributed by atoms with Gasteiger partial charge in [-0.25, -0.2) is 9.97 Å². The molecule has 1 fully saturated rings. The summed E-state index contributed by atoms with van der Waals surface area (Å²) in [6.07, 6.45) is 8.35. The molecule has 1 aliphatic heterocycles. The minimum Gasteiger partial charge on any atom is -0.450 e. The van der Waals surface area contributed by atoms with E-state index in [4.69, 9.17) is 20.5 Å². The molecule has 0 bridgehead atoms. The summed E-state index contributed by atoms with van der Waals surface area (Å²) < 4.78 is 16.9. The van der Waals surface area contributed by atoms with Crippen LogP contribution in [0.25, 0.3) is 0 Å². The Labute approximate surface area is 113 Å². The topological polar surface area (TPSA) is 53.5 Å². The fourth-order valence-electron chi connectivity index (χ4n) is 1.61. The number of terminal acetylenes is 1. The molecule has 100 valence electrons. The lowest BCUT2D eigenvalue weighted by Crippen LogP contribution is -2.41. The Morgan fingerprint density at radius 3 is 2.21 bits per heavy atom. The van der Waals surface area contributed by atoms with Gasteiger partial charge in [0.25, 0.3) is 0 Å². The van der Waals surface area contributed by atoms with Crippen molar-refractivity contribution in [2.24, 2.45) is 0 Å². The van der Waals surface area contributed by atoms with Crippen LogP contribution in [-0.4, -0.2) is 34.9 Å². The van der Waals surface area contributed by atoms with E-state index < -0.39 is 7.12 Å². The van der Waals surface area contributed by atoms with E-state index in [0.29, 0.717) is 0 Å². The zero-order valence-corrected chi connectivity index (χ0v) is 11.6. The van der Waals surface area contributed by atoms with E-state index in [-0.39, 0.29) is 23.8 Å². The number of hydrogen-bond donors (Lipinski definition) is 0. The van der Waals surface area contributed by atoms with Crippen LogP contribution < -0.4 is 10.2 Å². The lowest BCUT2D eigenvalue weighted by Gasteiger charge is -2.32. The standard InChI is InChI=1S/C13H17BN2O3/c1-6-7-17-11-15-8-10(9-16-11)14-18-12(2,3)13(4,5)19-14/h1,8-9H,7H2,2-5H3. The summed E-state index contributed by atoms with van der Waals surface area (Å²) in [5.74, 6) is 2.36. The average Bonchev–Trinajstić information content (AvgIpc) is 2.56. The summed E-state index contributed by atoms with van der Waals surface area (Å²) in [6.45, 7) is 8.14. The fourth-order valence-corrected chi connectivity index (χ4v) is 1.61. The second-order valence-electron chi connectivity index (χ2n) is 5.38. The van der Waals surface area contributed by atoms with Gasteiger partial charge in [0.2, 0.25) is 0 Å². The van der Waals surface area contributed by atoms with Crippen molar-refractivity contribution in [3.63, 3.8) is 0 Å². The van der Waals surface area contributed by atoms with Gasteiger partial charge in [0, 0.05) is 17.9 Å². The number of rotatable bonds is 3. The van der Waals surface area contributed by atoms with Gasteiger partial charge in [0.05, 0.1) is 11.2 Å². The highest BCUT2D eigenvalue weighted by atomic mass is 16.7. The second-order valence-corrected chi connectivity index (χ2v) is 5.38. The van der Waals surface area contributed by atoms with Crippen molar-refractivity contribution in [1.29, 1.82) is 0 Å². The second kappa shape index (κ2) is 4.84. The Bertz CT molecular complexity index is 478. The fraction of sp³-hybridized carbons (Fsp3) is 0.538. The van der Waals surface area contributed by atoms with E-state index >= 15 is 0 Å². The number of hydrogen-bond acceptors (Lipinski definition) is 5. The van der Waals surface area contributed by atoms with Crippen molar-refractivity contribution in [2.75, 3.05) is 6.61 Å². The molecule has 0 amide bonds. The number of nitrogens with zero attached hydrogens (tertiary/aromatic N) is 2. The molecule has 0 atom stereocenters. The molecule has 1 aliphatic rings. The van der Waals surface area contributed by atoms with Gasteiger partial charge >= 0.3 is 13.1 Å². The molecule has 0 aromatic carbocycles. The summed E-state index contributed by atoms with van der Waals surface area (Å²) in [5, 5.41) is 0. The molecular formula is C13H17BN2O3. The van der Waals surface area contributed by atoms with Gasteiger partial charge in [0.15, 0.2) is 6.61 Å². The first-order valence-corrected chi connectivity index (χ1v) is 6.09. The van der Waals surface area contributed by atoms with Crippen molar-refractivity contribution >= 4 is 12.6 Å². The monoisotopic (exact) mass is 260 g/mol. The Hall–Kier alpha value is -1.58. The van der Waals surface area contributed by atoms with Gasteiger partial charge < -0.3 is 14.0 Å². The third kappa shape index (κ3) is 2.72. The van der Waals surface area contributed by atoms with Crippen LogP contribution in [0.5, 0.6) is 6.01 Å². The first-order valence-electron chi connectivity index (χ1n) is 6.09. The van der Waals surface area contributed by atoms with E-state index in [0.717, 1.165) is 5.46 Å². The summed E-state index contributed by atoms with van der Waals surface area (Å²) in [6, 6.07) is 0.248. The maximum atomic E-state index is 5.90. The van der Waals surface area contributed by atoms with Crippen molar-refractivity contribution < 1.29 is 14.0 Å². The van der Waals surface area contributed by atoms with Crippen molar-refractivity contribution in [2.45, 2.75) is 38.9 Å². The van der Waals surface area contributed by atoms with Crippen LogP contribution in [0.2, 0.25) is 0 Å². The predicted molar refractivity (Wildman–Crippen MR) is 72.1 cm³/mol. The van der Waals surface area contributed by atoms with Gasteiger partial charge in [-0.15, -0.1) is 6.42 Å². The highest BCUT2D eigenvalue weighted by Crippen LogP contribution is 2.36. The SMILES string of the molecule is C#CCOc1ncc(B2OC(C)(C)C(C)(C)O2)cn1. The molecule has 5 nitrogen and oxygen atoms in total. The highest BCUT2D eigenvalue weighted by Gasteiger charge is 2.51. The van der Waals surface area contributed by atoms with Crippen LogP contribution in [0.1, 0.15) is 27.7 Å². The van der Waals surface area contributed by atoms with Crippen molar-refractivity contribution in [1.82, 2.24) is 9.97 Å². The molecule has 2 heterocycles. The van der Waals surface area contributed by atoms with E-state index in [1.807, 2.05) is 27.7 Å². The zero-order chi connectivity index (χ0) is 14.1. The predicted octanol–water partition coefficient (Wildman–Crippen LogP) is 0.788. The largest absolute Gasteiger partial charge is 0.498 e. The van der Waals surface area contributed by atoms with Gasteiger partial charge in [-0.2, -0.15) is 0 Å². The molecule has 6 heteroatoms. The van der Waals surface area contributed by atoms with Crippen molar-refractivity contribution in [3.8, 4) is 18.4 Å². The molecule has 1 aromatic heterocycles. The maximum absolute atomic E-state index is 5.90. The van der Waals surface area contributed by atoms with Crippen LogP contribution in [-0.2, 0) is 9.31 Å². The van der Waals surface area contributed by atoms with E-state index in [1.165, 1.54) is 0 Å². The van der Waals surface area contributed by atoms with E-state index in [9.17, 15) is 0 Å². The first-order chi connectivity index (χ1) is 8.86. The third-order valence-electron chi connectivity index (χ3n) is 3.46. The minimum absolute atomic E-state index is 0.149. The number of aromatic nitrogens is 2. The molecule has 0 saturated carbocycles. The van der Waals surface area contributed by atoms with Crippen LogP contribution in [0.3, 0.4) is 0 Å². The van der Waals surface area contributed by atoms with Crippen LogP contribution in [0.4, 0.5) is 0 Å². The highest BCUT2D eigenvalue weighted by molar-refractivity contribution is 6.61. The zero-order valence-electron chi connectivity index (χ0n) is 11.6. The van der Waals surface area contributed by atoms with Gasteiger partial charge in [-0.1, -0.05) is 5.92 Å². The number of ether oxygens (including phenoxy) is 1. The van der Waals surface area contributed by atoms with Gasteiger partial charge in [-0.3, -0.25) is 0 Å². The Balaban J connectivity index is 2.10. The molecule has 0 unspecified atom stereocenters. The van der Waals surface area contributed by atoms with Crippen LogP contribution in [0.15, 0.2) is 12.4 Å². The average molecular weight is 260 g/mol. The van der Waals surface area contributed by atoms with E-state index in [2.05, 4.69) is 15.9 Å². The quantitative estimate of drug-likeness (QED) is 0.594. The van der Waals surface area contributed by atoms with Crippen LogP contribution in [0, 0.1) is 12.3 Å². The maximum Gasteiger partial charge on any atom is 0.498 e. The summed E-state index contributed by atoms with van der Waals surface area (Å²) >= 11 is 0. The molecule has 0 radical (unpaired) electrons.